The van der Waals surface area contributed by atoms with Gasteiger partial charge in [-0.1, -0.05) is 72.8 Å². The number of benzene rings is 2. The molecule has 0 fully saturated rings. The van der Waals surface area contributed by atoms with E-state index < -0.39 is 0 Å². The molecule has 0 amide bonds. The average Bonchev–Trinajstić information content (AvgIpc) is 2.59. The summed E-state index contributed by atoms with van der Waals surface area (Å²) in [5.74, 6) is 0. The van der Waals surface area contributed by atoms with Crippen molar-refractivity contribution < 1.29 is 0 Å². The van der Waals surface area contributed by atoms with Gasteiger partial charge in [-0.2, -0.15) is 0 Å². The molecule has 0 radical (unpaired) electrons. The minimum Gasteiger partial charge on any atom is -0.286 e. The highest BCUT2D eigenvalue weighted by atomic mass is 15.2. The molecule has 2 atom stereocenters. The summed E-state index contributed by atoms with van der Waals surface area (Å²) in [6, 6.07) is 21.9. The molecule has 1 heteroatoms. The molecule has 0 aliphatic rings. The molecule has 0 N–H and O–H groups in total. The Morgan fingerprint density at radius 2 is 1.41 bits per heavy atom. The Kier molecular flexibility index (Phi) is 6.17. The second-order valence-electron chi connectivity index (χ2n) is 5.52. The predicted octanol–water partition coefficient (Wildman–Crippen LogP) is 5.55. The van der Waals surface area contributed by atoms with Crippen LogP contribution in [0.3, 0.4) is 0 Å². The van der Waals surface area contributed by atoms with E-state index in [1.807, 2.05) is 12.2 Å². The van der Waals surface area contributed by atoms with E-state index in [0.29, 0.717) is 12.1 Å². The molecular weight excluding hydrogens is 266 g/mol. The van der Waals surface area contributed by atoms with Crippen molar-refractivity contribution in [3.8, 4) is 0 Å². The van der Waals surface area contributed by atoms with E-state index in [4.69, 9.17) is 0 Å². The predicted molar refractivity (Wildman–Crippen MR) is 95.8 cm³/mol. The first kappa shape index (κ1) is 16.3. The van der Waals surface area contributed by atoms with Crippen LogP contribution in [0.4, 0.5) is 0 Å². The van der Waals surface area contributed by atoms with Crippen LogP contribution >= 0.6 is 0 Å². The lowest BCUT2D eigenvalue weighted by Gasteiger charge is -2.36. The van der Waals surface area contributed by atoms with Gasteiger partial charge >= 0.3 is 0 Å². The van der Waals surface area contributed by atoms with Crippen LogP contribution in [0.1, 0.15) is 36.6 Å². The first-order valence-electron chi connectivity index (χ1n) is 7.85. The van der Waals surface area contributed by atoms with Crippen LogP contribution in [0.2, 0.25) is 0 Å². The molecule has 2 aromatic rings. The van der Waals surface area contributed by atoms with Gasteiger partial charge in [-0.25, -0.2) is 0 Å². The minimum absolute atomic E-state index is 0.312. The van der Waals surface area contributed by atoms with Crippen molar-refractivity contribution in [2.45, 2.75) is 25.4 Å². The molecule has 0 aliphatic heterocycles. The fraction of sp³-hybridized carbons (Fsp3) is 0.238. The van der Waals surface area contributed by atoms with Gasteiger partial charge in [0.2, 0.25) is 0 Å². The maximum Gasteiger partial charge on any atom is 0.0391 e. The van der Waals surface area contributed by atoms with E-state index in [9.17, 15) is 0 Å². The van der Waals surface area contributed by atoms with E-state index in [1.165, 1.54) is 11.1 Å². The minimum atomic E-state index is 0.312. The van der Waals surface area contributed by atoms with Crippen molar-refractivity contribution in [2.24, 2.45) is 0 Å². The topological polar surface area (TPSA) is 3.24 Å². The third kappa shape index (κ3) is 3.96. The molecule has 1 nitrogen and oxygen atoms in total. The molecule has 0 heterocycles. The second-order valence-corrected chi connectivity index (χ2v) is 5.52. The van der Waals surface area contributed by atoms with Crippen LogP contribution in [0.5, 0.6) is 0 Å². The fourth-order valence-electron chi connectivity index (χ4n) is 2.92. The van der Waals surface area contributed by atoms with E-state index in [0.717, 1.165) is 13.0 Å². The molecule has 0 aromatic heterocycles. The zero-order valence-electron chi connectivity index (χ0n) is 13.4. The van der Waals surface area contributed by atoms with Gasteiger partial charge < -0.3 is 0 Å². The summed E-state index contributed by atoms with van der Waals surface area (Å²) >= 11 is 0. The smallest absolute Gasteiger partial charge is 0.0391 e. The van der Waals surface area contributed by atoms with Crippen LogP contribution < -0.4 is 0 Å². The molecule has 2 rings (SSSR count). The fourth-order valence-corrected chi connectivity index (χ4v) is 2.92. The van der Waals surface area contributed by atoms with Crippen LogP contribution in [0.25, 0.3) is 0 Å². The molecule has 2 aromatic carbocycles. The van der Waals surface area contributed by atoms with Crippen molar-refractivity contribution in [1.82, 2.24) is 4.90 Å². The van der Waals surface area contributed by atoms with E-state index in [-0.39, 0.29) is 0 Å². The summed E-state index contributed by atoms with van der Waals surface area (Å²) in [7, 11) is 0. The van der Waals surface area contributed by atoms with Crippen molar-refractivity contribution in [3.05, 3.63) is 97.1 Å². The van der Waals surface area contributed by atoms with Crippen LogP contribution in [-0.4, -0.2) is 11.4 Å². The quantitative estimate of drug-likeness (QED) is 0.576. The zero-order chi connectivity index (χ0) is 15.8. The average molecular weight is 291 g/mol. The first-order chi connectivity index (χ1) is 10.8. The van der Waals surface area contributed by atoms with Crippen LogP contribution in [0.15, 0.2) is 86.0 Å². The maximum absolute atomic E-state index is 3.95. The third-order valence-electron chi connectivity index (χ3n) is 4.09. The van der Waals surface area contributed by atoms with Gasteiger partial charge in [0.05, 0.1) is 0 Å². The normalized spacial score (nSPS) is 13.5. The van der Waals surface area contributed by atoms with Crippen LogP contribution in [0, 0.1) is 0 Å². The second kappa shape index (κ2) is 8.35. The third-order valence-corrected chi connectivity index (χ3v) is 4.09. The maximum atomic E-state index is 3.95. The Bertz CT molecular complexity index is 573. The lowest BCUT2D eigenvalue weighted by Crippen LogP contribution is -2.31. The molecular formula is C21H25N. The molecule has 114 valence electrons. The van der Waals surface area contributed by atoms with Gasteiger partial charge in [0, 0.05) is 18.6 Å². The highest BCUT2D eigenvalue weighted by molar-refractivity contribution is 5.23. The van der Waals surface area contributed by atoms with Gasteiger partial charge in [-0.3, -0.25) is 4.90 Å². The molecule has 0 spiro atoms. The van der Waals surface area contributed by atoms with E-state index in [1.54, 1.807) is 0 Å². The number of hydrogen-bond acceptors (Lipinski definition) is 1. The summed E-state index contributed by atoms with van der Waals surface area (Å²) in [4.78, 5) is 2.49. The van der Waals surface area contributed by atoms with Crippen molar-refractivity contribution in [3.63, 3.8) is 0 Å². The molecule has 0 unspecified atom stereocenters. The largest absolute Gasteiger partial charge is 0.286 e. The molecule has 0 aliphatic carbocycles. The molecule has 0 saturated heterocycles. The standard InChI is InChI=1S/C21H25N/c1-4-12-21(20-15-10-7-11-16-20)22(17-5-2)18(3)19-13-8-6-9-14-19/h4-11,13-16,18,21H,1-2,12,17H2,3H3/t18-,21+/m1/s1. The van der Waals surface area contributed by atoms with E-state index >= 15 is 0 Å². The van der Waals surface area contributed by atoms with Gasteiger partial charge in [0.15, 0.2) is 0 Å². The Morgan fingerprint density at radius 3 is 1.91 bits per heavy atom. The van der Waals surface area contributed by atoms with Gasteiger partial charge in [0.1, 0.15) is 0 Å². The summed E-state index contributed by atoms with van der Waals surface area (Å²) in [6.45, 7) is 11.0. The summed E-state index contributed by atoms with van der Waals surface area (Å²) in [5.41, 5.74) is 2.65. The van der Waals surface area contributed by atoms with Gasteiger partial charge in [0.25, 0.3) is 0 Å². The van der Waals surface area contributed by atoms with Crippen LogP contribution in [-0.2, 0) is 0 Å². The molecule has 22 heavy (non-hydrogen) atoms. The number of nitrogens with zero attached hydrogens (tertiary/aromatic N) is 1. The Morgan fingerprint density at radius 1 is 0.864 bits per heavy atom. The highest BCUT2D eigenvalue weighted by Crippen LogP contribution is 2.32. The monoisotopic (exact) mass is 291 g/mol. The lowest BCUT2D eigenvalue weighted by atomic mass is 9.97. The highest BCUT2D eigenvalue weighted by Gasteiger charge is 2.23. The molecule has 0 saturated carbocycles. The number of rotatable bonds is 8. The number of hydrogen-bond donors (Lipinski definition) is 0. The van der Waals surface area contributed by atoms with E-state index in [2.05, 4.69) is 85.6 Å². The lowest BCUT2D eigenvalue weighted by molar-refractivity contribution is 0.163. The Hall–Kier alpha value is -2.12. The summed E-state index contributed by atoms with van der Waals surface area (Å²) in [5, 5.41) is 0. The Labute approximate surface area is 134 Å². The Balaban J connectivity index is 2.34. The SMILES string of the molecule is C=CC[C@@H](c1ccccc1)N(CC=C)[C@H](C)c1ccccc1. The first-order valence-corrected chi connectivity index (χ1v) is 7.85. The van der Waals surface area contributed by atoms with Gasteiger partial charge in [-0.05, 0) is 24.5 Å². The van der Waals surface area contributed by atoms with Gasteiger partial charge in [-0.15, -0.1) is 13.2 Å². The zero-order valence-corrected chi connectivity index (χ0v) is 13.4. The van der Waals surface area contributed by atoms with Crippen molar-refractivity contribution in [1.29, 1.82) is 0 Å². The van der Waals surface area contributed by atoms with Crippen molar-refractivity contribution >= 4 is 0 Å². The molecule has 0 bridgehead atoms. The van der Waals surface area contributed by atoms with Crippen molar-refractivity contribution in [2.75, 3.05) is 6.54 Å². The summed E-state index contributed by atoms with van der Waals surface area (Å²) < 4.78 is 0. The summed E-state index contributed by atoms with van der Waals surface area (Å²) in [6.07, 6.45) is 4.92.